The minimum atomic E-state index is 0.0725. The van der Waals surface area contributed by atoms with Crippen LogP contribution in [0, 0.1) is 11.8 Å². The van der Waals surface area contributed by atoms with Gasteiger partial charge in [0.1, 0.15) is 0 Å². The summed E-state index contributed by atoms with van der Waals surface area (Å²) in [6.07, 6.45) is 0.981. The normalized spacial score (nSPS) is 23.6. The lowest BCUT2D eigenvalue weighted by atomic mass is 10.2. The van der Waals surface area contributed by atoms with Gasteiger partial charge < -0.3 is 11.1 Å². The highest BCUT2D eigenvalue weighted by molar-refractivity contribution is 6.33. The Kier molecular flexibility index (Phi) is 2.57. The highest BCUT2D eigenvalue weighted by Gasteiger charge is 2.39. The lowest BCUT2D eigenvalue weighted by molar-refractivity contribution is -0.117. The van der Waals surface area contributed by atoms with Crippen LogP contribution in [0.1, 0.15) is 13.3 Å². The third-order valence-electron chi connectivity index (χ3n) is 2.71. The topological polar surface area (TPSA) is 55.1 Å². The Bertz CT molecular complexity index is 406. The van der Waals surface area contributed by atoms with Crippen molar-refractivity contribution < 1.29 is 4.79 Å². The van der Waals surface area contributed by atoms with Crippen LogP contribution in [0.2, 0.25) is 5.02 Å². The molecule has 3 nitrogen and oxygen atoms in total. The number of benzene rings is 1. The van der Waals surface area contributed by atoms with Crippen molar-refractivity contribution in [3.05, 3.63) is 23.2 Å². The van der Waals surface area contributed by atoms with E-state index in [-0.39, 0.29) is 11.8 Å². The van der Waals surface area contributed by atoms with Gasteiger partial charge in [-0.3, -0.25) is 4.79 Å². The molecule has 2 rings (SSSR count). The Labute approximate surface area is 93.6 Å². The van der Waals surface area contributed by atoms with Crippen molar-refractivity contribution in [2.45, 2.75) is 13.3 Å². The van der Waals surface area contributed by atoms with Crippen LogP contribution in [0.5, 0.6) is 0 Å². The van der Waals surface area contributed by atoms with E-state index in [1.165, 1.54) is 0 Å². The minimum Gasteiger partial charge on any atom is -0.398 e. The van der Waals surface area contributed by atoms with E-state index >= 15 is 0 Å². The van der Waals surface area contributed by atoms with Crippen LogP contribution in [0.15, 0.2) is 18.2 Å². The van der Waals surface area contributed by atoms with E-state index < -0.39 is 0 Å². The highest BCUT2D eigenvalue weighted by Crippen LogP contribution is 2.38. The fraction of sp³-hybridized carbons (Fsp3) is 0.364. The van der Waals surface area contributed by atoms with Crippen LogP contribution in [0.4, 0.5) is 11.4 Å². The summed E-state index contributed by atoms with van der Waals surface area (Å²) in [6, 6.07) is 5.11. The van der Waals surface area contributed by atoms with Crippen LogP contribution in [0.3, 0.4) is 0 Å². The van der Waals surface area contributed by atoms with Crippen molar-refractivity contribution in [3.63, 3.8) is 0 Å². The molecule has 1 aliphatic rings. The van der Waals surface area contributed by atoms with Gasteiger partial charge in [0.25, 0.3) is 0 Å². The molecule has 15 heavy (non-hydrogen) atoms. The fourth-order valence-corrected chi connectivity index (χ4v) is 1.71. The maximum Gasteiger partial charge on any atom is 0.227 e. The molecule has 1 aromatic rings. The van der Waals surface area contributed by atoms with Crippen molar-refractivity contribution >= 4 is 28.9 Å². The Morgan fingerprint density at radius 2 is 2.27 bits per heavy atom. The van der Waals surface area contributed by atoms with Crippen LogP contribution >= 0.6 is 11.6 Å². The molecule has 3 N–H and O–H groups in total. The first-order valence-electron chi connectivity index (χ1n) is 4.94. The Morgan fingerprint density at radius 1 is 1.60 bits per heavy atom. The van der Waals surface area contributed by atoms with Crippen molar-refractivity contribution in [2.75, 3.05) is 11.1 Å². The summed E-state index contributed by atoms with van der Waals surface area (Å²) in [6.45, 7) is 2.07. The Hall–Kier alpha value is -1.22. The van der Waals surface area contributed by atoms with Crippen molar-refractivity contribution in [1.82, 2.24) is 0 Å². The maximum absolute atomic E-state index is 11.6. The Balaban J connectivity index is 2.04. The van der Waals surface area contributed by atoms with Gasteiger partial charge in [-0.2, -0.15) is 0 Å². The zero-order valence-corrected chi connectivity index (χ0v) is 9.21. The van der Waals surface area contributed by atoms with Gasteiger partial charge in [-0.1, -0.05) is 18.5 Å². The van der Waals surface area contributed by atoms with Gasteiger partial charge in [0.15, 0.2) is 0 Å². The van der Waals surface area contributed by atoms with E-state index in [0.717, 1.165) is 6.42 Å². The molecule has 80 valence electrons. The van der Waals surface area contributed by atoms with Gasteiger partial charge in [0.2, 0.25) is 5.91 Å². The molecule has 0 radical (unpaired) electrons. The summed E-state index contributed by atoms with van der Waals surface area (Å²) in [4.78, 5) is 11.6. The molecule has 4 heteroatoms. The van der Waals surface area contributed by atoms with Gasteiger partial charge in [0, 0.05) is 11.6 Å². The lowest BCUT2D eigenvalue weighted by Gasteiger charge is -2.05. The van der Waals surface area contributed by atoms with Crippen LogP contribution in [-0.4, -0.2) is 5.91 Å². The zero-order valence-electron chi connectivity index (χ0n) is 8.46. The third kappa shape index (κ3) is 2.23. The number of nitrogen functional groups attached to an aromatic ring is 1. The van der Waals surface area contributed by atoms with Crippen molar-refractivity contribution in [1.29, 1.82) is 0 Å². The quantitative estimate of drug-likeness (QED) is 0.759. The standard InChI is InChI=1S/C11H13ClN2O/c1-6-4-8(6)11(15)14-7-2-3-10(13)9(12)5-7/h2-3,5-6,8H,4,13H2,1H3,(H,14,15). The second-order valence-corrected chi connectivity index (χ2v) is 4.45. The SMILES string of the molecule is CC1CC1C(=O)Nc1ccc(N)c(Cl)c1. The number of carbonyl (C=O) groups excluding carboxylic acids is 1. The largest absolute Gasteiger partial charge is 0.398 e. The number of anilines is 2. The van der Waals surface area contributed by atoms with Crippen molar-refractivity contribution in [3.8, 4) is 0 Å². The number of hydrogen-bond donors (Lipinski definition) is 2. The molecule has 0 saturated heterocycles. The van der Waals surface area contributed by atoms with E-state index in [9.17, 15) is 4.79 Å². The number of nitrogens with two attached hydrogens (primary N) is 1. The zero-order chi connectivity index (χ0) is 11.0. The summed E-state index contributed by atoms with van der Waals surface area (Å²) < 4.78 is 0. The van der Waals surface area contributed by atoms with Crippen molar-refractivity contribution in [2.24, 2.45) is 11.8 Å². The Morgan fingerprint density at radius 3 is 2.80 bits per heavy atom. The van der Waals surface area contributed by atoms with E-state index in [1.54, 1.807) is 18.2 Å². The highest BCUT2D eigenvalue weighted by atomic mass is 35.5. The molecule has 0 aromatic heterocycles. The van der Waals surface area contributed by atoms with Gasteiger partial charge >= 0.3 is 0 Å². The summed E-state index contributed by atoms with van der Waals surface area (Å²) in [5, 5.41) is 3.29. The number of nitrogens with one attached hydrogen (secondary N) is 1. The number of amides is 1. The van der Waals surface area contributed by atoms with Gasteiger partial charge in [0.05, 0.1) is 10.7 Å². The number of rotatable bonds is 2. The van der Waals surface area contributed by atoms with Crippen LogP contribution in [-0.2, 0) is 4.79 Å². The van der Waals surface area contributed by atoms with Crippen LogP contribution < -0.4 is 11.1 Å². The molecule has 0 spiro atoms. The average Bonchev–Trinajstić information content (AvgIpc) is 2.89. The van der Waals surface area contributed by atoms with Gasteiger partial charge in [-0.05, 0) is 30.5 Å². The molecule has 2 unspecified atom stereocenters. The molecule has 1 aliphatic carbocycles. The molecular weight excluding hydrogens is 212 g/mol. The van der Waals surface area contributed by atoms with Gasteiger partial charge in [-0.15, -0.1) is 0 Å². The van der Waals surface area contributed by atoms with E-state index in [4.69, 9.17) is 17.3 Å². The number of carbonyl (C=O) groups is 1. The third-order valence-corrected chi connectivity index (χ3v) is 3.04. The molecule has 2 atom stereocenters. The van der Waals surface area contributed by atoms with Gasteiger partial charge in [-0.25, -0.2) is 0 Å². The monoisotopic (exact) mass is 224 g/mol. The molecule has 0 heterocycles. The first kappa shape index (κ1) is 10.3. The number of hydrogen-bond acceptors (Lipinski definition) is 2. The molecule has 1 aromatic carbocycles. The lowest BCUT2D eigenvalue weighted by Crippen LogP contribution is -2.14. The predicted octanol–water partition coefficient (Wildman–Crippen LogP) is 2.52. The van der Waals surface area contributed by atoms with E-state index in [0.29, 0.717) is 22.3 Å². The summed E-state index contributed by atoms with van der Waals surface area (Å²) in [5.74, 6) is 0.749. The predicted molar refractivity (Wildman–Crippen MR) is 61.8 cm³/mol. The second-order valence-electron chi connectivity index (χ2n) is 4.05. The molecule has 1 saturated carbocycles. The van der Waals surface area contributed by atoms with E-state index in [1.807, 2.05) is 0 Å². The fourth-order valence-electron chi connectivity index (χ4n) is 1.53. The molecular formula is C11H13ClN2O. The summed E-state index contributed by atoms with van der Waals surface area (Å²) >= 11 is 5.84. The molecule has 0 bridgehead atoms. The molecule has 1 amide bonds. The second kappa shape index (κ2) is 3.74. The maximum atomic E-state index is 11.6. The molecule has 0 aliphatic heterocycles. The number of halogens is 1. The summed E-state index contributed by atoms with van der Waals surface area (Å²) in [5.41, 5.74) is 6.80. The molecule has 1 fully saturated rings. The van der Waals surface area contributed by atoms with E-state index in [2.05, 4.69) is 12.2 Å². The average molecular weight is 225 g/mol. The minimum absolute atomic E-state index is 0.0725. The smallest absolute Gasteiger partial charge is 0.227 e. The summed E-state index contributed by atoms with van der Waals surface area (Å²) in [7, 11) is 0. The van der Waals surface area contributed by atoms with Crippen LogP contribution in [0.25, 0.3) is 0 Å². The first-order chi connectivity index (χ1) is 7.08. The first-order valence-corrected chi connectivity index (χ1v) is 5.31.